The van der Waals surface area contributed by atoms with Crippen molar-refractivity contribution in [1.82, 2.24) is 10.2 Å². The van der Waals surface area contributed by atoms with Crippen LogP contribution in [0.3, 0.4) is 0 Å². The van der Waals surface area contributed by atoms with Crippen LogP contribution in [0.25, 0.3) is 0 Å². The predicted octanol–water partition coefficient (Wildman–Crippen LogP) is 1.98. The van der Waals surface area contributed by atoms with Crippen molar-refractivity contribution in [2.24, 2.45) is 4.36 Å². The molecule has 1 N–H and O–H groups in total. The molecule has 0 aliphatic carbocycles. The number of nitrogens with one attached hydrogen (secondary N) is 1. The topological polar surface area (TPSA) is 105 Å². The van der Waals surface area contributed by atoms with E-state index in [0.29, 0.717) is 24.2 Å². The Balaban J connectivity index is 3.57. The van der Waals surface area contributed by atoms with Crippen molar-refractivity contribution in [3.8, 4) is 5.75 Å². The summed E-state index contributed by atoms with van der Waals surface area (Å²) < 4.78 is 30.8. The van der Waals surface area contributed by atoms with E-state index in [4.69, 9.17) is 4.74 Å². The third-order valence-electron chi connectivity index (χ3n) is 4.19. The van der Waals surface area contributed by atoms with Crippen LogP contribution < -0.4 is 10.1 Å². The molecule has 1 aromatic carbocycles. The number of hydrogen-bond acceptors (Lipinski definition) is 6. The summed E-state index contributed by atoms with van der Waals surface area (Å²) in [6.07, 6.45) is 0.941. The summed E-state index contributed by atoms with van der Waals surface area (Å²) in [5.74, 6) is 0.121. The molecule has 0 aliphatic rings. The van der Waals surface area contributed by atoms with Gasteiger partial charge in [-0.1, -0.05) is 25.5 Å². The average Bonchev–Trinajstić information content (AvgIpc) is 2.65. The Kier molecular flexibility index (Phi) is 8.24. The molecule has 144 valence electrons. The van der Waals surface area contributed by atoms with Crippen LogP contribution in [0.1, 0.15) is 32.3 Å². The molecule has 0 saturated heterocycles. The second-order valence-corrected chi connectivity index (χ2v) is 6.36. The second-order valence-electron chi connectivity index (χ2n) is 5.67. The van der Waals surface area contributed by atoms with E-state index < -0.39 is 27.9 Å². The van der Waals surface area contributed by atoms with Gasteiger partial charge in [0.05, 0.1) is 19.1 Å². The highest BCUT2D eigenvalue weighted by molar-refractivity contribution is 7.61. The number of imide groups is 1. The van der Waals surface area contributed by atoms with Crippen LogP contribution in [-0.2, 0) is 20.7 Å². The number of carbonyl (C=O) groups is 2. The molecule has 9 heteroatoms. The molecule has 26 heavy (non-hydrogen) atoms. The Morgan fingerprint density at radius 3 is 2.27 bits per heavy atom. The summed E-state index contributed by atoms with van der Waals surface area (Å²) in [4.78, 5) is 26.5. The number of nitrogens with zero attached hydrogens (tertiary/aromatic N) is 2. The lowest BCUT2D eigenvalue weighted by atomic mass is 9.75. The van der Waals surface area contributed by atoms with Gasteiger partial charge in [-0.05, 0) is 31.0 Å². The summed E-state index contributed by atoms with van der Waals surface area (Å²) in [6.45, 7) is 3.45. The molecule has 0 aliphatic heterocycles. The smallest absolute Gasteiger partial charge is 0.323 e. The first-order valence-electron chi connectivity index (χ1n) is 8.31. The summed E-state index contributed by atoms with van der Waals surface area (Å²) >= 11 is 0. The molecule has 0 radical (unpaired) electrons. The largest absolute Gasteiger partial charge is 0.497 e. The van der Waals surface area contributed by atoms with Gasteiger partial charge >= 0.3 is 16.5 Å². The molecule has 1 rings (SSSR count). The van der Waals surface area contributed by atoms with Crippen molar-refractivity contribution in [2.75, 3.05) is 27.2 Å². The van der Waals surface area contributed by atoms with E-state index >= 15 is 0 Å². The summed E-state index contributed by atoms with van der Waals surface area (Å²) in [5.41, 5.74) is -0.675. The maximum Gasteiger partial charge on any atom is 0.323 e. The van der Waals surface area contributed by atoms with Gasteiger partial charge in [0.1, 0.15) is 5.75 Å². The first-order chi connectivity index (χ1) is 12.4. The molecule has 0 aromatic heterocycles. The SMILES string of the molecule is CCCC(CN=S(=O)=O)(C(=O)N(CC)C(=O)NC)c1ccc(OC)cc1. The van der Waals surface area contributed by atoms with Gasteiger partial charge in [0.25, 0.3) is 0 Å². The van der Waals surface area contributed by atoms with Crippen molar-refractivity contribution in [3.63, 3.8) is 0 Å². The van der Waals surface area contributed by atoms with Crippen LogP contribution in [0.2, 0.25) is 0 Å². The van der Waals surface area contributed by atoms with Gasteiger partial charge in [-0.2, -0.15) is 12.8 Å². The number of hydrogen-bond donors (Lipinski definition) is 1. The number of urea groups is 1. The van der Waals surface area contributed by atoms with Gasteiger partial charge in [-0.3, -0.25) is 9.69 Å². The lowest BCUT2D eigenvalue weighted by Gasteiger charge is -2.35. The molecule has 1 aromatic rings. The Morgan fingerprint density at radius 2 is 1.85 bits per heavy atom. The Labute approximate surface area is 155 Å². The maximum absolute atomic E-state index is 13.3. The zero-order valence-electron chi connectivity index (χ0n) is 15.5. The van der Waals surface area contributed by atoms with Gasteiger partial charge < -0.3 is 10.1 Å². The molecule has 0 fully saturated rings. The maximum atomic E-state index is 13.3. The normalized spacial score (nSPS) is 12.6. The van der Waals surface area contributed by atoms with E-state index in [1.807, 2.05) is 6.92 Å². The molecular weight excluding hydrogens is 358 g/mol. The highest BCUT2D eigenvalue weighted by Gasteiger charge is 2.43. The van der Waals surface area contributed by atoms with E-state index in [-0.39, 0.29) is 13.1 Å². The number of likely N-dealkylation sites (N-methyl/N-ethyl adjacent to an activating group) is 1. The van der Waals surface area contributed by atoms with E-state index in [1.54, 1.807) is 31.2 Å². The number of ether oxygens (including phenoxy) is 1. The summed E-state index contributed by atoms with van der Waals surface area (Å²) in [6, 6.07) is 6.24. The van der Waals surface area contributed by atoms with Crippen LogP contribution >= 0.6 is 0 Å². The van der Waals surface area contributed by atoms with Crippen molar-refractivity contribution in [2.45, 2.75) is 32.1 Å². The van der Waals surface area contributed by atoms with Crippen LogP contribution in [0.15, 0.2) is 28.6 Å². The van der Waals surface area contributed by atoms with Crippen LogP contribution in [-0.4, -0.2) is 52.5 Å². The zero-order valence-corrected chi connectivity index (χ0v) is 16.3. The Hall–Kier alpha value is -2.42. The third-order valence-corrected chi connectivity index (χ3v) is 4.53. The molecule has 0 heterocycles. The van der Waals surface area contributed by atoms with Gasteiger partial charge in [0, 0.05) is 13.6 Å². The number of carbonyl (C=O) groups excluding carboxylic acids is 2. The minimum atomic E-state index is -2.66. The highest BCUT2D eigenvalue weighted by atomic mass is 32.2. The van der Waals surface area contributed by atoms with E-state index in [0.717, 1.165) is 4.90 Å². The molecule has 1 unspecified atom stereocenters. The lowest BCUT2D eigenvalue weighted by molar-refractivity contribution is -0.134. The lowest BCUT2D eigenvalue weighted by Crippen LogP contribution is -2.53. The summed E-state index contributed by atoms with van der Waals surface area (Å²) in [7, 11) is 0.302. The fraction of sp³-hybridized carbons (Fsp3) is 0.529. The molecule has 1 atom stereocenters. The van der Waals surface area contributed by atoms with E-state index in [2.05, 4.69) is 9.68 Å². The van der Waals surface area contributed by atoms with Crippen LogP contribution in [0.5, 0.6) is 5.75 Å². The fourth-order valence-electron chi connectivity index (χ4n) is 2.89. The van der Waals surface area contributed by atoms with Gasteiger partial charge in [-0.25, -0.2) is 4.79 Å². The Bertz CT molecular complexity index is 753. The minimum absolute atomic E-state index is 0.153. The second kappa shape index (κ2) is 9.91. The standard InChI is InChI=1S/C17H25N3O5S/c1-5-11-17(12-19-26(23)24,13-7-9-14(25-4)10-8-13)15(21)20(6-2)16(22)18-3/h7-10H,5-6,11-12H2,1-4H3,(H,18,22). The first-order valence-corrected chi connectivity index (χ1v) is 9.34. The monoisotopic (exact) mass is 383 g/mol. The quantitative estimate of drug-likeness (QED) is 0.739. The number of rotatable bonds is 8. The molecule has 0 saturated carbocycles. The summed E-state index contributed by atoms with van der Waals surface area (Å²) in [5, 5.41) is 2.44. The van der Waals surface area contributed by atoms with E-state index in [9.17, 15) is 18.0 Å². The van der Waals surface area contributed by atoms with Crippen LogP contribution in [0.4, 0.5) is 4.79 Å². The van der Waals surface area contributed by atoms with Crippen molar-refractivity contribution >= 4 is 22.4 Å². The van der Waals surface area contributed by atoms with Gasteiger partial charge in [0.2, 0.25) is 5.91 Å². The molecule has 3 amide bonds. The molecular formula is C17H25N3O5S. The average molecular weight is 383 g/mol. The predicted molar refractivity (Wildman–Crippen MR) is 97.6 cm³/mol. The molecule has 8 nitrogen and oxygen atoms in total. The van der Waals surface area contributed by atoms with Gasteiger partial charge in [-0.15, -0.1) is 0 Å². The van der Waals surface area contributed by atoms with E-state index in [1.165, 1.54) is 14.2 Å². The number of benzene rings is 1. The number of amides is 3. The van der Waals surface area contributed by atoms with Crippen LogP contribution in [0, 0.1) is 0 Å². The minimum Gasteiger partial charge on any atom is -0.497 e. The fourth-order valence-corrected chi connectivity index (χ4v) is 3.21. The third kappa shape index (κ3) is 4.81. The van der Waals surface area contributed by atoms with Crippen molar-refractivity contribution < 1.29 is 22.7 Å². The van der Waals surface area contributed by atoms with Crippen molar-refractivity contribution in [3.05, 3.63) is 29.8 Å². The Morgan fingerprint density at radius 1 is 1.23 bits per heavy atom. The first kappa shape index (κ1) is 21.6. The highest BCUT2D eigenvalue weighted by Crippen LogP contribution is 2.34. The van der Waals surface area contributed by atoms with Gasteiger partial charge in [0.15, 0.2) is 0 Å². The molecule has 0 spiro atoms. The van der Waals surface area contributed by atoms with Crippen molar-refractivity contribution in [1.29, 1.82) is 0 Å². The zero-order chi connectivity index (χ0) is 19.7. The molecule has 0 bridgehead atoms. The number of methoxy groups -OCH3 is 1.